The van der Waals surface area contributed by atoms with Gasteiger partial charge in [-0.1, -0.05) is 16.8 Å². The van der Waals surface area contributed by atoms with E-state index in [4.69, 9.17) is 22.5 Å². The van der Waals surface area contributed by atoms with Crippen LogP contribution in [0.25, 0.3) is 0 Å². The highest BCUT2D eigenvalue weighted by Gasteiger charge is 2.19. The molecular formula is C8H10ClN3O2S. The van der Waals surface area contributed by atoms with Gasteiger partial charge in [-0.15, -0.1) is 0 Å². The van der Waals surface area contributed by atoms with Gasteiger partial charge in [0.2, 0.25) is 0 Å². The highest BCUT2D eigenvalue weighted by Crippen LogP contribution is 2.18. The van der Waals surface area contributed by atoms with Gasteiger partial charge in [-0.05, 0) is 13.0 Å². The van der Waals surface area contributed by atoms with Crippen molar-refractivity contribution < 1.29 is 9.76 Å². The summed E-state index contributed by atoms with van der Waals surface area (Å²) in [6.07, 6.45) is 1.37. The summed E-state index contributed by atoms with van der Waals surface area (Å²) in [5, 5.41) is 12.0. The Balaban J connectivity index is 3.26. The van der Waals surface area contributed by atoms with Crippen molar-refractivity contribution in [2.75, 3.05) is 5.75 Å². The zero-order valence-electron chi connectivity index (χ0n) is 7.98. The molecule has 15 heavy (non-hydrogen) atoms. The summed E-state index contributed by atoms with van der Waals surface area (Å²) < 4.78 is 11.6. The van der Waals surface area contributed by atoms with Crippen molar-refractivity contribution in [3.8, 4) is 0 Å². The summed E-state index contributed by atoms with van der Waals surface area (Å²) in [5.74, 6) is 0.252. The van der Waals surface area contributed by atoms with E-state index in [9.17, 15) is 4.55 Å². The van der Waals surface area contributed by atoms with Crippen LogP contribution >= 0.6 is 11.6 Å². The zero-order valence-corrected chi connectivity index (χ0v) is 9.55. The summed E-state index contributed by atoms with van der Waals surface area (Å²) >= 11 is 4.44. The fraction of sp³-hybridized carbons (Fsp3) is 0.250. The normalized spacial score (nSPS) is 13.9. The van der Waals surface area contributed by atoms with E-state index in [1.807, 2.05) is 0 Å². The SMILES string of the molecule is CC[S+]([O-])c1ncc(Cl)cc1C(N)=NO. The lowest BCUT2D eigenvalue weighted by Crippen LogP contribution is -2.19. The van der Waals surface area contributed by atoms with Crippen molar-refractivity contribution in [2.24, 2.45) is 10.9 Å². The maximum atomic E-state index is 11.6. The third-order valence-electron chi connectivity index (χ3n) is 1.68. The largest absolute Gasteiger partial charge is 0.610 e. The van der Waals surface area contributed by atoms with Crippen LogP contribution in [0.2, 0.25) is 5.02 Å². The summed E-state index contributed by atoms with van der Waals surface area (Å²) in [4.78, 5) is 3.91. The molecule has 1 heterocycles. The van der Waals surface area contributed by atoms with Gasteiger partial charge in [-0.3, -0.25) is 0 Å². The van der Waals surface area contributed by atoms with Crippen LogP contribution in [0, 0.1) is 0 Å². The summed E-state index contributed by atoms with van der Waals surface area (Å²) in [6, 6.07) is 1.46. The van der Waals surface area contributed by atoms with Crippen molar-refractivity contribution in [3.63, 3.8) is 0 Å². The fourth-order valence-electron chi connectivity index (χ4n) is 0.982. The van der Waals surface area contributed by atoms with E-state index in [0.717, 1.165) is 0 Å². The van der Waals surface area contributed by atoms with Gasteiger partial charge < -0.3 is 15.5 Å². The second-order valence-corrected chi connectivity index (χ2v) is 4.72. The molecule has 0 saturated heterocycles. The number of hydrogen-bond acceptors (Lipinski definition) is 4. The lowest BCUT2D eigenvalue weighted by atomic mass is 10.3. The number of aromatic nitrogens is 1. The Morgan fingerprint density at radius 2 is 2.47 bits per heavy atom. The number of nitrogens with two attached hydrogens (primary N) is 1. The average molecular weight is 248 g/mol. The third-order valence-corrected chi connectivity index (χ3v) is 3.17. The second kappa shape index (κ2) is 5.20. The van der Waals surface area contributed by atoms with Crippen molar-refractivity contribution >= 4 is 28.6 Å². The molecule has 3 N–H and O–H groups in total. The first-order chi connectivity index (χ1) is 7.10. The molecule has 82 valence electrons. The molecule has 1 aromatic rings. The van der Waals surface area contributed by atoms with E-state index in [2.05, 4.69) is 10.1 Å². The molecule has 0 spiro atoms. The minimum atomic E-state index is -1.27. The van der Waals surface area contributed by atoms with E-state index in [1.54, 1.807) is 6.92 Å². The molecule has 0 fully saturated rings. The van der Waals surface area contributed by atoms with Gasteiger partial charge in [0.25, 0.3) is 5.03 Å². The van der Waals surface area contributed by atoms with Crippen molar-refractivity contribution in [2.45, 2.75) is 11.9 Å². The van der Waals surface area contributed by atoms with E-state index in [-0.39, 0.29) is 10.9 Å². The average Bonchev–Trinajstić information content (AvgIpc) is 2.26. The van der Waals surface area contributed by atoms with Gasteiger partial charge in [0.1, 0.15) is 5.75 Å². The van der Waals surface area contributed by atoms with Crippen LogP contribution in [0.4, 0.5) is 0 Å². The van der Waals surface area contributed by atoms with E-state index in [0.29, 0.717) is 16.3 Å². The molecule has 1 aromatic heterocycles. The Labute approximate surface area is 95.1 Å². The Morgan fingerprint density at radius 1 is 1.80 bits per heavy atom. The minimum Gasteiger partial charge on any atom is -0.610 e. The first-order valence-corrected chi connectivity index (χ1v) is 5.81. The number of oxime groups is 1. The van der Waals surface area contributed by atoms with Gasteiger partial charge in [-0.25, -0.2) is 4.98 Å². The molecule has 0 bridgehead atoms. The van der Waals surface area contributed by atoms with Gasteiger partial charge in [0.15, 0.2) is 5.84 Å². The fourth-order valence-corrected chi connectivity index (χ4v) is 1.99. The monoisotopic (exact) mass is 247 g/mol. The predicted octanol–water partition coefficient (Wildman–Crippen LogP) is 0.957. The van der Waals surface area contributed by atoms with Crippen LogP contribution in [-0.4, -0.2) is 26.3 Å². The highest BCUT2D eigenvalue weighted by atomic mass is 35.5. The molecule has 0 amide bonds. The maximum Gasteiger partial charge on any atom is 0.255 e. The predicted molar refractivity (Wildman–Crippen MR) is 58.7 cm³/mol. The van der Waals surface area contributed by atoms with Crippen LogP contribution in [0.15, 0.2) is 22.4 Å². The van der Waals surface area contributed by atoms with Crippen molar-refractivity contribution in [3.05, 3.63) is 22.8 Å². The molecule has 0 aliphatic heterocycles. The van der Waals surface area contributed by atoms with Gasteiger partial charge >= 0.3 is 0 Å². The standard InChI is InChI=1S/C8H10ClN3O2S/c1-2-15(14)8-6(7(10)12-13)3-5(9)4-11-8/h3-4,13H,2H2,1H3,(H2,10,12). The van der Waals surface area contributed by atoms with Crippen LogP contribution in [0.3, 0.4) is 0 Å². The molecule has 0 saturated carbocycles. The van der Waals surface area contributed by atoms with Crippen molar-refractivity contribution in [1.29, 1.82) is 0 Å². The van der Waals surface area contributed by atoms with Crippen LogP contribution < -0.4 is 5.73 Å². The second-order valence-electron chi connectivity index (χ2n) is 2.63. The number of halogens is 1. The molecule has 0 radical (unpaired) electrons. The number of amidine groups is 1. The molecular weight excluding hydrogens is 238 g/mol. The molecule has 5 nitrogen and oxygen atoms in total. The third kappa shape index (κ3) is 2.74. The topological polar surface area (TPSA) is 94.6 Å². The molecule has 0 aliphatic rings. The smallest absolute Gasteiger partial charge is 0.255 e. The molecule has 1 atom stereocenters. The number of pyridine rings is 1. The number of hydrogen-bond donors (Lipinski definition) is 2. The maximum absolute atomic E-state index is 11.6. The van der Waals surface area contributed by atoms with E-state index < -0.39 is 11.2 Å². The Morgan fingerprint density at radius 3 is 3.00 bits per heavy atom. The van der Waals surface area contributed by atoms with Crippen molar-refractivity contribution in [1.82, 2.24) is 4.98 Å². The molecule has 0 aromatic carbocycles. The van der Waals surface area contributed by atoms with E-state index >= 15 is 0 Å². The Hall–Kier alpha value is -0.980. The number of rotatable bonds is 3. The summed E-state index contributed by atoms with van der Waals surface area (Å²) in [5.41, 5.74) is 5.72. The van der Waals surface area contributed by atoms with Crippen LogP contribution in [-0.2, 0) is 11.2 Å². The lowest BCUT2D eigenvalue weighted by Gasteiger charge is -2.10. The first-order valence-electron chi connectivity index (χ1n) is 4.12. The molecule has 1 unspecified atom stereocenters. The molecule has 7 heteroatoms. The van der Waals surface area contributed by atoms with E-state index in [1.165, 1.54) is 12.3 Å². The molecule has 0 aliphatic carbocycles. The van der Waals surface area contributed by atoms with Crippen LogP contribution in [0.5, 0.6) is 0 Å². The lowest BCUT2D eigenvalue weighted by molar-refractivity contribution is 0.318. The minimum absolute atomic E-state index is 0.151. The zero-order chi connectivity index (χ0) is 11.4. The van der Waals surface area contributed by atoms with Gasteiger partial charge in [-0.2, -0.15) is 0 Å². The van der Waals surface area contributed by atoms with Gasteiger partial charge in [0, 0.05) is 11.2 Å². The quantitative estimate of drug-likeness (QED) is 0.273. The highest BCUT2D eigenvalue weighted by molar-refractivity contribution is 7.91. The summed E-state index contributed by atoms with van der Waals surface area (Å²) in [6.45, 7) is 1.75. The molecule has 1 rings (SSSR count). The Kier molecular flexibility index (Phi) is 4.19. The number of nitrogens with zero attached hydrogens (tertiary/aromatic N) is 2. The summed E-state index contributed by atoms with van der Waals surface area (Å²) in [7, 11) is 0. The van der Waals surface area contributed by atoms with Crippen LogP contribution in [0.1, 0.15) is 12.5 Å². The first kappa shape index (κ1) is 12.1. The van der Waals surface area contributed by atoms with Gasteiger partial charge in [0.05, 0.1) is 16.8 Å². The Bertz CT molecular complexity index is 386.